The predicted molar refractivity (Wildman–Crippen MR) is 116 cm³/mol. The van der Waals surface area contributed by atoms with Crippen molar-refractivity contribution in [2.24, 2.45) is 0 Å². The summed E-state index contributed by atoms with van der Waals surface area (Å²) in [4.78, 5) is 23.0. The number of rotatable bonds is 6. The molecule has 4 rings (SSSR count). The Bertz CT molecular complexity index is 1150. The van der Waals surface area contributed by atoms with Gasteiger partial charge in [0.15, 0.2) is 0 Å². The van der Waals surface area contributed by atoms with E-state index >= 15 is 0 Å². The van der Waals surface area contributed by atoms with E-state index in [0.29, 0.717) is 11.4 Å². The van der Waals surface area contributed by atoms with Crippen LogP contribution in [0.25, 0.3) is 11.0 Å². The molecule has 2 N–H and O–H groups in total. The first-order valence-electron chi connectivity index (χ1n) is 9.89. The largest absolute Gasteiger partial charge is 0.371 e. The fourth-order valence-electron chi connectivity index (χ4n) is 3.65. The van der Waals surface area contributed by atoms with Gasteiger partial charge in [-0.3, -0.25) is 4.79 Å². The number of fused-ring (bicyclic) bond motifs is 1. The molecule has 30 heavy (non-hydrogen) atoms. The van der Waals surface area contributed by atoms with E-state index in [-0.39, 0.29) is 17.3 Å². The summed E-state index contributed by atoms with van der Waals surface area (Å²) in [6, 6.07) is 12.4. The molecule has 1 aliphatic rings. The third-order valence-corrected chi connectivity index (χ3v) is 7.10. The van der Waals surface area contributed by atoms with Gasteiger partial charge in [0.1, 0.15) is 5.82 Å². The standard InChI is InChI=1S/C21H25N5O3S/c1-25(2)30(28,29)15-9-10-19(26-11-5-6-12-26)16(13-15)21(27)22-14-20-23-17-7-3-4-8-18(17)24-20/h3-4,7-10,13H,5-6,11-12,14H2,1-2H3,(H,22,27)(H,23,24). The van der Waals surface area contributed by atoms with E-state index in [2.05, 4.69) is 20.2 Å². The van der Waals surface area contributed by atoms with E-state index in [1.807, 2.05) is 24.3 Å². The summed E-state index contributed by atoms with van der Waals surface area (Å²) in [7, 11) is -0.687. The molecule has 0 unspecified atom stereocenters. The first-order valence-corrected chi connectivity index (χ1v) is 11.3. The van der Waals surface area contributed by atoms with Crippen LogP contribution in [-0.4, -0.2) is 55.8 Å². The monoisotopic (exact) mass is 427 g/mol. The zero-order chi connectivity index (χ0) is 21.3. The summed E-state index contributed by atoms with van der Waals surface area (Å²) < 4.78 is 26.3. The second-order valence-corrected chi connectivity index (χ2v) is 9.70. The highest BCUT2D eigenvalue weighted by molar-refractivity contribution is 7.89. The Labute approximate surface area is 176 Å². The second-order valence-electron chi connectivity index (χ2n) is 7.54. The van der Waals surface area contributed by atoms with Gasteiger partial charge in [0, 0.05) is 32.9 Å². The van der Waals surface area contributed by atoms with Gasteiger partial charge in [-0.1, -0.05) is 12.1 Å². The molecule has 0 atom stereocenters. The van der Waals surface area contributed by atoms with E-state index in [1.54, 1.807) is 12.1 Å². The highest BCUT2D eigenvalue weighted by Gasteiger charge is 2.24. The summed E-state index contributed by atoms with van der Waals surface area (Å²) >= 11 is 0. The number of nitrogens with one attached hydrogen (secondary N) is 2. The average Bonchev–Trinajstić information content (AvgIpc) is 3.41. The molecule has 0 saturated carbocycles. The Hall–Kier alpha value is -2.91. The number of H-pyrrole nitrogens is 1. The molecule has 0 radical (unpaired) electrons. The number of amides is 1. The van der Waals surface area contributed by atoms with E-state index < -0.39 is 10.0 Å². The number of imidazole rings is 1. The van der Waals surface area contributed by atoms with Gasteiger partial charge in [0.05, 0.1) is 28.0 Å². The fraction of sp³-hybridized carbons (Fsp3) is 0.333. The summed E-state index contributed by atoms with van der Waals surface area (Å²) in [5, 5.41) is 2.88. The van der Waals surface area contributed by atoms with Crippen molar-refractivity contribution in [1.29, 1.82) is 0 Å². The number of sulfonamides is 1. The summed E-state index contributed by atoms with van der Waals surface area (Å²) in [6.45, 7) is 1.92. The average molecular weight is 428 g/mol. The molecule has 1 aliphatic heterocycles. The Morgan fingerprint density at radius 2 is 1.90 bits per heavy atom. The van der Waals surface area contributed by atoms with Crippen LogP contribution in [0.4, 0.5) is 5.69 Å². The van der Waals surface area contributed by atoms with Crippen molar-refractivity contribution in [3.05, 3.63) is 53.9 Å². The van der Waals surface area contributed by atoms with Crippen molar-refractivity contribution >= 4 is 32.7 Å². The van der Waals surface area contributed by atoms with Crippen molar-refractivity contribution < 1.29 is 13.2 Å². The first kappa shape index (κ1) is 20.4. The number of nitrogens with zero attached hydrogens (tertiary/aromatic N) is 3. The van der Waals surface area contributed by atoms with Crippen molar-refractivity contribution in [1.82, 2.24) is 19.6 Å². The van der Waals surface area contributed by atoms with Crippen molar-refractivity contribution in [2.75, 3.05) is 32.1 Å². The zero-order valence-electron chi connectivity index (χ0n) is 17.1. The van der Waals surface area contributed by atoms with Gasteiger partial charge in [-0.2, -0.15) is 0 Å². The van der Waals surface area contributed by atoms with Crippen LogP contribution in [-0.2, 0) is 16.6 Å². The van der Waals surface area contributed by atoms with Gasteiger partial charge < -0.3 is 15.2 Å². The molecular weight excluding hydrogens is 402 g/mol. The fourth-order valence-corrected chi connectivity index (χ4v) is 4.58. The van der Waals surface area contributed by atoms with Crippen LogP contribution >= 0.6 is 0 Å². The molecule has 1 amide bonds. The van der Waals surface area contributed by atoms with Gasteiger partial charge in [0.2, 0.25) is 10.0 Å². The number of aromatic amines is 1. The van der Waals surface area contributed by atoms with Gasteiger partial charge in [0.25, 0.3) is 5.91 Å². The summed E-state index contributed by atoms with van der Waals surface area (Å²) in [5.41, 5.74) is 2.85. The van der Waals surface area contributed by atoms with Crippen molar-refractivity contribution in [3.63, 3.8) is 0 Å². The van der Waals surface area contributed by atoms with Crippen molar-refractivity contribution in [3.8, 4) is 0 Å². The molecule has 2 heterocycles. The van der Waals surface area contributed by atoms with Gasteiger partial charge in [-0.15, -0.1) is 0 Å². The van der Waals surface area contributed by atoms with Gasteiger partial charge in [-0.05, 0) is 43.2 Å². The molecule has 9 heteroatoms. The van der Waals surface area contributed by atoms with Crippen LogP contribution in [0.15, 0.2) is 47.4 Å². The molecule has 3 aromatic rings. The van der Waals surface area contributed by atoms with Crippen molar-refractivity contribution in [2.45, 2.75) is 24.3 Å². The van der Waals surface area contributed by atoms with Gasteiger partial charge in [-0.25, -0.2) is 17.7 Å². The molecule has 1 fully saturated rings. The number of hydrogen-bond acceptors (Lipinski definition) is 5. The van der Waals surface area contributed by atoms with Crippen LogP contribution in [0.1, 0.15) is 29.0 Å². The number of carbonyl (C=O) groups is 1. The number of hydrogen-bond donors (Lipinski definition) is 2. The maximum atomic E-state index is 13.1. The number of aromatic nitrogens is 2. The van der Waals surface area contributed by atoms with Crippen LogP contribution < -0.4 is 10.2 Å². The third kappa shape index (κ3) is 3.90. The molecule has 0 bridgehead atoms. The molecule has 8 nitrogen and oxygen atoms in total. The predicted octanol–water partition coefficient (Wildman–Crippen LogP) is 2.34. The summed E-state index contributed by atoms with van der Waals surface area (Å²) in [6.07, 6.45) is 2.11. The Morgan fingerprint density at radius 1 is 1.17 bits per heavy atom. The maximum absolute atomic E-state index is 13.1. The number of benzene rings is 2. The normalized spacial score (nSPS) is 14.6. The minimum atomic E-state index is -3.64. The maximum Gasteiger partial charge on any atom is 0.253 e. The third-order valence-electron chi connectivity index (χ3n) is 5.29. The lowest BCUT2D eigenvalue weighted by atomic mass is 10.1. The molecule has 0 aliphatic carbocycles. The molecular formula is C21H25N5O3S. The highest BCUT2D eigenvalue weighted by Crippen LogP contribution is 2.28. The smallest absolute Gasteiger partial charge is 0.253 e. The SMILES string of the molecule is CN(C)S(=O)(=O)c1ccc(N2CCCC2)c(C(=O)NCc2nc3ccccc3[nH]2)c1. The lowest BCUT2D eigenvalue weighted by Crippen LogP contribution is -2.28. The van der Waals surface area contributed by atoms with E-state index in [0.717, 1.165) is 47.0 Å². The number of anilines is 1. The Morgan fingerprint density at radius 3 is 2.60 bits per heavy atom. The second kappa shape index (κ2) is 8.08. The van der Waals surface area contributed by atoms with E-state index in [9.17, 15) is 13.2 Å². The first-order chi connectivity index (χ1) is 14.4. The molecule has 0 spiro atoms. The van der Waals surface area contributed by atoms with E-state index in [1.165, 1.54) is 20.2 Å². The Balaban J connectivity index is 1.63. The number of para-hydroxylation sites is 2. The minimum absolute atomic E-state index is 0.101. The lowest BCUT2D eigenvalue weighted by molar-refractivity contribution is 0.0950. The minimum Gasteiger partial charge on any atom is -0.371 e. The highest BCUT2D eigenvalue weighted by atomic mass is 32.2. The van der Waals surface area contributed by atoms with Crippen LogP contribution in [0.3, 0.4) is 0 Å². The van der Waals surface area contributed by atoms with Crippen LogP contribution in [0.5, 0.6) is 0 Å². The molecule has 1 saturated heterocycles. The van der Waals surface area contributed by atoms with E-state index in [4.69, 9.17) is 0 Å². The Kier molecular flexibility index (Phi) is 5.48. The van der Waals surface area contributed by atoms with Gasteiger partial charge >= 0.3 is 0 Å². The topological polar surface area (TPSA) is 98.4 Å². The molecule has 158 valence electrons. The molecule has 2 aromatic carbocycles. The van der Waals surface area contributed by atoms with Crippen LogP contribution in [0, 0.1) is 0 Å². The quantitative estimate of drug-likeness (QED) is 0.629. The zero-order valence-corrected chi connectivity index (χ0v) is 17.9. The lowest BCUT2D eigenvalue weighted by Gasteiger charge is -2.22. The summed E-state index contributed by atoms with van der Waals surface area (Å²) in [5.74, 6) is 0.317. The molecule has 1 aromatic heterocycles. The number of carbonyl (C=O) groups excluding carboxylic acids is 1. The van der Waals surface area contributed by atoms with Crippen LogP contribution in [0.2, 0.25) is 0 Å².